The third-order valence-corrected chi connectivity index (χ3v) is 3.65. The molecule has 0 radical (unpaired) electrons. The van der Waals surface area contributed by atoms with Gasteiger partial charge in [-0.05, 0) is 12.8 Å². The van der Waals surface area contributed by atoms with Gasteiger partial charge in [-0.15, -0.1) is 0 Å². The van der Waals surface area contributed by atoms with E-state index in [1.54, 1.807) is 6.08 Å². The van der Waals surface area contributed by atoms with E-state index in [4.69, 9.17) is 5.11 Å². The van der Waals surface area contributed by atoms with Gasteiger partial charge in [-0.2, -0.15) is 0 Å². The van der Waals surface area contributed by atoms with E-state index >= 15 is 0 Å². The Labute approximate surface area is 131 Å². The molecule has 0 amide bonds. The van der Waals surface area contributed by atoms with Gasteiger partial charge in [0.25, 0.3) is 0 Å². The Hall–Kier alpha value is -1.05. The number of hydrogen-bond acceptors (Lipinski definition) is 1. The molecule has 0 spiro atoms. The van der Waals surface area contributed by atoms with E-state index in [1.807, 2.05) is 12.2 Å². The number of allylic oxidation sites excluding steroid dienone is 3. The van der Waals surface area contributed by atoms with Crippen molar-refractivity contribution >= 4 is 5.97 Å². The highest BCUT2D eigenvalue weighted by Gasteiger charge is 1.92. The lowest BCUT2D eigenvalue weighted by molar-refractivity contribution is -0.136. The SMILES string of the molecule is CCCCCCCCCCCCC/C=C/C=C/CC(=O)O. The summed E-state index contributed by atoms with van der Waals surface area (Å²) in [5, 5.41) is 8.45. The van der Waals surface area contributed by atoms with Crippen LogP contribution in [0.3, 0.4) is 0 Å². The van der Waals surface area contributed by atoms with Gasteiger partial charge >= 0.3 is 5.97 Å². The molecule has 2 nitrogen and oxygen atoms in total. The van der Waals surface area contributed by atoms with Crippen LogP contribution in [0, 0.1) is 0 Å². The number of carbonyl (C=O) groups is 1. The summed E-state index contributed by atoms with van der Waals surface area (Å²) in [6.45, 7) is 2.27. The van der Waals surface area contributed by atoms with Crippen LogP contribution in [0.5, 0.6) is 0 Å². The zero-order chi connectivity index (χ0) is 15.6. The van der Waals surface area contributed by atoms with Crippen molar-refractivity contribution in [2.75, 3.05) is 0 Å². The Kier molecular flexibility index (Phi) is 16.2. The summed E-state index contributed by atoms with van der Waals surface area (Å²) >= 11 is 0. The average molecular weight is 294 g/mol. The Balaban J connectivity index is 3.13. The van der Waals surface area contributed by atoms with E-state index in [0.29, 0.717) is 0 Å². The van der Waals surface area contributed by atoms with Crippen LogP contribution >= 0.6 is 0 Å². The standard InChI is InChI=1S/C19H34O2/c1-2-3-4-5-6-7-8-9-10-11-12-13-14-15-16-17-18-19(20)21/h14-17H,2-13,18H2,1H3,(H,20,21)/b15-14+,17-16+. The zero-order valence-corrected chi connectivity index (χ0v) is 13.9. The van der Waals surface area contributed by atoms with Crippen molar-refractivity contribution in [1.29, 1.82) is 0 Å². The van der Waals surface area contributed by atoms with Crippen molar-refractivity contribution in [3.63, 3.8) is 0 Å². The summed E-state index contributed by atoms with van der Waals surface area (Å²) in [5.74, 6) is -0.773. The number of aliphatic carboxylic acids is 1. The van der Waals surface area contributed by atoms with Crippen molar-refractivity contribution in [2.24, 2.45) is 0 Å². The second-order valence-electron chi connectivity index (χ2n) is 5.78. The minimum atomic E-state index is -0.773. The lowest BCUT2D eigenvalue weighted by Gasteiger charge is -2.01. The van der Waals surface area contributed by atoms with Crippen LogP contribution in [-0.2, 0) is 4.79 Å². The van der Waals surface area contributed by atoms with Crippen molar-refractivity contribution in [1.82, 2.24) is 0 Å². The fraction of sp³-hybridized carbons (Fsp3) is 0.737. The highest BCUT2D eigenvalue weighted by atomic mass is 16.4. The van der Waals surface area contributed by atoms with E-state index in [9.17, 15) is 4.79 Å². The van der Waals surface area contributed by atoms with Crippen LogP contribution in [0.1, 0.15) is 90.4 Å². The fourth-order valence-corrected chi connectivity index (χ4v) is 2.35. The third-order valence-electron chi connectivity index (χ3n) is 3.65. The van der Waals surface area contributed by atoms with Gasteiger partial charge in [0.15, 0.2) is 0 Å². The van der Waals surface area contributed by atoms with Gasteiger partial charge in [0.05, 0.1) is 6.42 Å². The van der Waals surface area contributed by atoms with E-state index < -0.39 is 5.97 Å². The molecule has 2 heteroatoms. The fourth-order valence-electron chi connectivity index (χ4n) is 2.35. The molecule has 21 heavy (non-hydrogen) atoms. The first-order chi connectivity index (χ1) is 10.3. The van der Waals surface area contributed by atoms with Crippen molar-refractivity contribution in [3.8, 4) is 0 Å². The Morgan fingerprint density at radius 2 is 1.24 bits per heavy atom. The molecule has 0 aliphatic heterocycles. The first-order valence-electron chi connectivity index (χ1n) is 8.80. The Morgan fingerprint density at radius 1 is 0.762 bits per heavy atom. The van der Waals surface area contributed by atoms with Crippen LogP contribution in [-0.4, -0.2) is 11.1 Å². The average Bonchev–Trinajstić information content (AvgIpc) is 2.46. The summed E-state index contributed by atoms with van der Waals surface area (Å²) in [5.41, 5.74) is 0. The van der Waals surface area contributed by atoms with Crippen LogP contribution in [0.15, 0.2) is 24.3 Å². The lowest BCUT2D eigenvalue weighted by atomic mass is 10.1. The third kappa shape index (κ3) is 18.9. The normalized spacial score (nSPS) is 11.7. The molecule has 0 aliphatic carbocycles. The monoisotopic (exact) mass is 294 g/mol. The van der Waals surface area contributed by atoms with Gasteiger partial charge < -0.3 is 5.11 Å². The first kappa shape index (κ1) is 19.9. The van der Waals surface area contributed by atoms with Gasteiger partial charge in [-0.1, -0.05) is 95.4 Å². The Morgan fingerprint density at radius 3 is 1.76 bits per heavy atom. The molecule has 1 N–H and O–H groups in total. The molecule has 0 bridgehead atoms. The number of rotatable bonds is 15. The molecule has 0 aromatic carbocycles. The van der Waals surface area contributed by atoms with Crippen LogP contribution in [0.4, 0.5) is 0 Å². The maximum atomic E-state index is 10.3. The minimum absolute atomic E-state index is 0.114. The van der Waals surface area contributed by atoms with E-state index in [-0.39, 0.29) is 6.42 Å². The summed E-state index contributed by atoms with van der Waals surface area (Å²) < 4.78 is 0. The van der Waals surface area contributed by atoms with Crippen molar-refractivity contribution < 1.29 is 9.90 Å². The van der Waals surface area contributed by atoms with Crippen molar-refractivity contribution in [2.45, 2.75) is 90.4 Å². The molecule has 0 heterocycles. The highest BCUT2D eigenvalue weighted by Crippen LogP contribution is 2.11. The molecule has 0 aliphatic rings. The second-order valence-corrected chi connectivity index (χ2v) is 5.78. The van der Waals surface area contributed by atoms with E-state index in [1.165, 1.54) is 70.6 Å². The predicted molar refractivity (Wildman–Crippen MR) is 91.6 cm³/mol. The van der Waals surface area contributed by atoms with Crippen molar-refractivity contribution in [3.05, 3.63) is 24.3 Å². The minimum Gasteiger partial charge on any atom is -0.481 e. The molecule has 0 unspecified atom stereocenters. The maximum Gasteiger partial charge on any atom is 0.307 e. The van der Waals surface area contributed by atoms with Crippen LogP contribution in [0.25, 0.3) is 0 Å². The van der Waals surface area contributed by atoms with Crippen LogP contribution in [0.2, 0.25) is 0 Å². The van der Waals surface area contributed by atoms with Gasteiger partial charge in [-0.3, -0.25) is 4.79 Å². The summed E-state index contributed by atoms with van der Waals surface area (Å²) in [6.07, 6.45) is 23.9. The molecular weight excluding hydrogens is 260 g/mol. The molecule has 0 fully saturated rings. The quantitative estimate of drug-likeness (QED) is 0.285. The second kappa shape index (κ2) is 17.0. The maximum absolute atomic E-state index is 10.3. The number of carboxylic acids is 1. The molecular formula is C19H34O2. The summed E-state index contributed by atoms with van der Waals surface area (Å²) in [7, 11) is 0. The predicted octanol–water partition coefficient (Wildman–Crippen LogP) is 6.27. The van der Waals surface area contributed by atoms with Gasteiger partial charge in [0.2, 0.25) is 0 Å². The van der Waals surface area contributed by atoms with Gasteiger partial charge in [0.1, 0.15) is 0 Å². The summed E-state index contributed by atoms with van der Waals surface area (Å²) in [4.78, 5) is 10.3. The summed E-state index contributed by atoms with van der Waals surface area (Å²) in [6, 6.07) is 0. The Bertz CT molecular complexity index is 279. The first-order valence-corrected chi connectivity index (χ1v) is 8.80. The number of carboxylic acid groups (broad SMARTS) is 1. The molecule has 0 saturated heterocycles. The topological polar surface area (TPSA) is 37.3 Å². The molecule has 0 saturated carbocycles. The molecule has 0 aromatic heterocycles. The van der Waals surface area contributed by atoms with Gasteiger partial charge in [0, 0.05) is 0 Å². The number of hydrogen-bond donors (Lipinski definition) is 1. The zero-order valence-electron chi connectivity index (χ0n) is 13.9. The number of unbranched alkanes of at least 4 members (excludes halogenated alkanes) is 11. The molecule has 0 aromatic rings. The van der Waals surface area contributed by atoms with Gasteiger partial charge in [-0.25, -0.2) is 0 Å². The van der Waals surface area contributed by atoms with E-state index in [0.717, 1.165) is 6.42 Å². The van der Waals surface area contributed by atoms with E-state index in [2.05, 4.69) is 13.0 Å². The highest BCUT2D eigenvalue weighted by molar-refractivity contribution is 5.68. The van der Waals surface area contributed by atoms with Crippen LogP contribution < -0.4 is 0 Å². The molecule has 0 rings (SSSR count). The largest absolute Gasteiger partial charge is 0.481 e. The smallest absolute Gasteiger partial charge is 0.307 e. The molecule has 0 atom stereocenters. The molecule has 122 valence electrons. The lowest BCUT2D eigenvalue weighted by Crippen LogP contribution is -1.89.